The molecule has 2 N–H and O–H groups in total. The molecule has 122 valence electrons. The zero-order valence-corrected chi connectivity index (χ0v) is 16.1. The Balaban J connectivity index is 2.70. The van der Waals surface area contributed by atoms with Crippen molar-refractivity contribution in [3.8, 4) is 0 Å². The van der Waals surface area contributed by atoms with Gasteiger partial charge in [-0.1, -0.05) is 34.6 Å². The van der Waals surface area contributed by atoms with Crippen LogP contribution in [0.25, 0.3) is 0 Å². The van der Waals surface area contributed by atoms with Gasteiger partial charge in [-0.25, -0.2) is 0 Å². The molecule has 1 rings (SSSR count). The van der Waals surface area contributed by atoms with E-state index in [1.807, 2.05) is 0 Å². The average Bonchev–Trinajstić information content (AvgIpc) is 2.63. The van der Waals surface area contributed by atoms with Crippen molar-refractivity contribution in [2.75, 3.05) is 0 Å². The molecule has 0 amide bonds. The topological polar surface area (TPSA) is 43.8 Å². The van der Waals surface area contributed by atoms with Crippen LogP contribution < -0.4 is 5.73 Å². The molecule has 0 aliphatic rings. The Morgan fingerprint density at radius 3 is 2.38 bits per heavy atom. The maximum absolute atomic E-state index is 6.41. The van der Waals surface area contributed by atoms with Crippen LogP contribution in [0.5, 0.6) is 0 Å². The molecule has 2 atom stereocenters. The molecule has 0 aliphatic heterocycles. The van der Waals surface area contributed by atoms with E-state index >= 15 is 0 Å². The second-order valence-electron chi connectivity index (χ2n) is 7.45. The highest BCUT2D eigenvalue weighted by atomic mass is 79.9. The van der Waals surface area contributed by atoms with Crippen LogP contribution in [0, 0.1) is 11.3 Å². The molecule has 1 aromatic heterocycles. The fourth-order valence-corrected chi connectivity index (χ4v) is 3.92. The van der Waals surface area contributed by atoms with Crippen molar-refractivity contribution in [2.24, 2.45) is 17.1 Å². The molecule has 0 spiro atoms. The molecule has 1 aromatic rings. The summed E-state index contributed by atoms with van der Waals surface area (Å²) < 4.78 is 3.25. The van der Waals surface area contributed by atoms with E-state index in [2.05, 4.69) is 67.3 Å². The van der Waals surface area contributed by atoms with Crippen LogP contribution in [0.3, 0.4) is 0 Å². The number of rotatable bonds is 7. The lowest BCUT2D eigenvalue weighted by Gasteiger charge is -2.25. The largest absolute Gasteiger partial charge is 0.327 e. The smallest absolute Gasteiger partial charge is 0.0766 e. The third-order valence-corrected chi connectivity index (χ3v) is 4.73. The third-order valence-electron chi connectivity index (χ3n) is 3.82. The van der Waals surface area contributed by atoms with Crippen LogP contribution in [0.4, 0.5) is 0 Å². The Bertz CT molecular complexity index is 446. The number of hydrogen-bond donors (Lipinski definition) is 1. The van der Waals surface area contributed by atoms with Gasteiger partial charge in [0.25, 0.3) is 0 Å². The van der Waals surface area contributed by atoms with Gasteiger partial charge in [0.05, 0.1) is 15.9 Å². The SMILES string of the molecule is CCc1nn(CC)c(CC(N)CC(C)CC(C)(C)C)c1Br. The van der Waals surface area contributed by atoms with Crippen molar-refractivity contribution >= 4 is 15.9 Å². The van der Waals surface area contributed by atoms with Crippen LogP contribution in [0.1, 0.15) is 65.8 Å². The van der Waals surface area contributed by atoms with Gasteiger partial charge >= 0.3 is 0 Å². The van der Waals surface area contributed by atoms with Crippen molar-refractivity contribution in [1.29, 1.82) is 0 Å². The fraction of sp³-hybridized carbons (Fsp3) is 0.824. The van der Waals surface area contributed by atoms with Crippen LogP contribution in [0.2, 0.25) is 0 Å². The monoisotopic (exact) mass is 357 g/mol. The third kappa shape index (κ3) is 5.74. The fourth-order valence-electron chi connectivity index (χ4n) is 3.19. The highest BCUT2D eigenvalue weighted by molar-refractivity contribution is 9.10. The van der Waals surface area contributed by atoms with Gasteiger partial charge in [0, 0.05) is 19.0 Å². The summed E-state index contributed by atoms with van der Waals surface area (Å²) in [5, 5.41) is 4.65. The number of halogens is 1. The molecule has 2 unspecified atom stereocenters. The van der Waals surface area contributed by atoms with E-state index in [0.717, 1.165) is 36.0 Å². The van der Waals surface area contributed by atoms with Crippen molar-refractivity contribution in [3.05, 3.63) is 15.9 Å². The van der Waals surface area contributed by atoms with Gasteiger partial charge in [0.2, 0.25) is 0 Å². The lowest BCUT2D eigenvalue weighted by Crippen LogP contribution is -2.28. The first kappa shape index (κ1) is 18.7. The number of hydrogen-bond acceptors (Lipinski definition) is 2. The Labute approximate surface area is 138 Å². The summed E-state index contributed by atoms with van der Waals surface area (Å²) in [5.74, 6) is 0.655. The molecule has 4 heteroatoms. The van der Waals surface area contributed by atoms with Crippen molar-refractivity contribution in [3.63, 3.8) is 0 Å². The maximum Gasteiger partial charge on any atom is 0.0766 e. The number of nitrogens with zero attached hydrogens (tertiary/aromatic N) is 2. The van der Waals surface area contributed by atoms with Gasteiger partial charge in [-0.2, -0.15) is 5.10 Å². The molecule has 0 bridgehead atoms. The number of aromatic nitrogens is 2. The first-order valence-corrected chi connectivity index (χ1v) is 8.96. The van der Waals surface area contributed by atoms with Crippen molar-refractivity contribution in [2.45, 2.75) is 79.8 Å². The molecule has 3 nitrogen and oxygen atoms in total. The number of aryl methyl sites for hydroxylation is 2. The highest BCUT2D eigenvalue weighted by Crippen LogP contribution is 2.28. The quantitative estimate of drug-likeness (QED) is 0.776. The van der Waals surface area contributed by atoms with Gasteiger partial charge in [0.1, 0.15) is 0 Å². The summed E-state index contributed by atoms with van der Waals surface area (Å²) in [5.41, 5.74) is 9.18. The minimum absolute atomic E-state index is 0.199. The van der Waals surface area contributed by atoms with Crippen LogP contribution in [0.15, 0.2) is 4.47 Å². The number of nitrogens with two attached hydrogens (primary N) is 1. The molecular formula is C17H32BrN3. The van der Waals surface area contributed by atoms with E-state index in [0.29, 0.717) is 11.3 Å². The first-order valence-electron chi connectivity index (χ1n) is 8.17. The lowest BCUT2D eigenvalue weighted by molar-refractivity contribution is 0.284. The molecular weight excluding hydrogens is 326 g/mol. The van der Waals surface area contributed by atoms with E-state index in [1.165, 1.54) is 12.1 Å². The van der Waals surface area contributed by atoms with E-state index in [4.69, 9.17) is 5.73 Å². The normalized spacial score (nSPS) is 15.2. The molecule has 0 fully saturated rings. The van der Waals surface area contributed by atoms with Crippen molar-refractivity contribution < 1.29 is 0 Å². The first-order chi connectivity index (χ1) is 9.67. The maximum atomic E-state index is 6.41. The minimum atomic E-state index is 0.199. The van der Waals surface area contributed by atoms with Crippen LogP contribution >= 0.6 is 15.9 Å². The minimum Gasteiger partial charge on any atom is -0.327 e. The Morgan fingerprint density at radius 2 is 1.90 bits per heavy atom. The lowest BCUT2D eigenvalue weighted by atomic mass is 9.82. The van der Waals surface area contributed by atoms with Crippen LogP contribution in [-0.4, -0.2) is 15.8 Å². The average molecular weight is 358 g/mol. The van der Waals surface area contributed by atoms with Gasteiger partial charge in [0.15, 0.2) is 0 Å². The van der Waals surface area contributed by atoms with E-state index < -0.39 is 0 Å². The van der Waals surface area contributed by atoms with Crippen LogP contribution in [-0.2, 0) is 19.4 Å². The predicted octanol–water partition coefficient (Wildman–Crippen LogP) is 4.56. The summed E-state index contributed by atoms with van der Waals surface area (Å²) in [6.07, 6.45) is 4.14. The van der Waals surface area contributed by atoms with Gasteiger partial charge in [-0.3, -0.25) is 4.68 Å². The summed E-state index contributed by atoms with van der Waals surface area (Å²) in [4.78, 5) is 0. The molecule has 0 radical (unpaired) electrons. The molecule has 0 aromatic carbocycles. The van der Waals surface area contributed by atoms with Gasteiger partial charge in [-0.05, 0) is 53.4 Å². The standard InChI is InChI=1S/C17H32BrN3/c1-7-14-16(18)15(21(8-2)20-14)10-13(19)9-12(3)11-17(4,5)6/h12-13H,7-11,19H2,1-6H3. The van der Waals surface area contributed by atoms with E-state index in [1.54, 1.807) is 0 Å². The van der Waals surface area contributed by atoms with Gasteiger partial charge < -0.3 is 5.73 Å². The summed E-state index contributed by atoms with van der Waals surface area (Å²) in [6, 6.07) is 0.199. The van der Waals surface area contributed by atoms with Gasteiger partial charge in [-0.15, -0.1) is 0 Å². The molecule has 0 saturated carbocycles. The molecule has 21 heavy (non-hydrogen) atoms. The zero-order valence-electron chi connectivity index (χ0n) is 14.5. The molecule has 0 saturated heterocycles. The summed E-state index contributed by atoms with van der Waals surface area (Å²) in [6.45, 7) is 14.4. The Kier molecular flexibility index (Phi) is 6.92. The van der Waals surface area contributed by atoms with Crippen molar-refractivity contribution in [1.82, 2.24) is 9.78 Å². The van der Waals surface area contributed by atoms with E-state index in [-0.39, 0.29) is 6.04 Å². The Morgan fingerprint density at radius 1 is 1.29 bits per heavy atom. The summed E-state index contributed by atoms with van der Waals surface area (Å²) in [7, 11) is 0. The summed E-state index contributed by atoms with van der Waals surface area (Å²) >= 11 is 3.71. The second kappa shape index (κ2) is 7.77. The second-order valence-corrected chi connectivity index (χ2v) is 8.24. The Hall–Kier alpha value is -0.350. The molecule has 1 heterocycles. The highest BCUT2D eigenvalue weighted by Gasteiger charge is 2.20. The molecule has 0 aliphatic carbocycles. The predicted molar refractivity (Wildman–Crippen MR) is 94.5 cm³/mol. The van der Waals surface area contributed by atoms with E-state index in [9.17, 15) is 0 Å². The zero-order chi connectivity index (χ0) is 16.2.